The molecule has 0 aliphatic rings. The Hall–Kier alpha value is -3.43. The fourth-order valence-electron chi connectivity index (χ4n) is 2.27. The molecule has 2 rings (SSSR count). The van der Waals surface area contributed by atoms with Crippen molar-refractivity contribution in [2.75, 3.05) is 14.2 Å². The van der Waals surface area contributed by atoms with E-state index in [0.29, 0.717) is 11.4 Å². The van der Waals surface area contributed by atoms with Gasteiger partial charge < -0.3 is 23.8 Å². The number of pyridine rings is 1. The average Bonchev–Trinajstić information content (AvgIpc) is 2.70. The largest absolute Gasteiger partial charge is 0.481 e. The molecule has 31 heavy (non-hydrogen) atoms. The molecular weight excluding hydrogens is 404 g/mol. The normalized spacial score (nSPS) is 12.5. The van der Waals surface area contributed by atoms with Gasteiger partial charge in [0.25, 0.3) is 0 Å². The van der Waals surface area contributed by atoms with Gasteiger partial charge in [-0.15, -0.1) is 0 Å². The van der Waals surface area contributed by atoms with E-state index in [4.69, 9.17) is 23.8 Å². The zero-order chi connectivity index (χ0) is 23.0. The Kier molecular flexibility index (Phi) is 8.12. The van der Waals surface area contributed by atoms with Crippen molar-refractivity contribution < 1.29 is 28.6 Å². The van der Waals surface area contributed by atoms with Crippen LogP contribution in [-0.4, -0.2) is 53.1 Å². The third-order valence-corrected chi connectivity index (χ3v) is 3.67. The van der Waals surface area contributed by atoms with E-state index in [1.54, 1.807) is 39.1 Å². The molecular formula is C21H28N4O6. The van der Waals surface area contributed by atoms with Crippen LogP contribution < -0.4 is 14.2 Å². The second-order valence-electron chi connectivity index (χ2n) is 7.76. The van der Waals surface area contributed by atoms with Crippen LogP contribution in [0, 0.1) is 5.92 Å². The Morgan fingerprint density at radius 1 is 1.13 bits per heavy atom. The van der Waals surface area contributed by atoms with Crippen LogP contribution in [0.2, 0.25) is 0 Å². The summed E-state index contributed by atoms with van der Waals surface area (Å²) in [6.07, 6.45) is 2.04. The summed E-state index contributed by atoms with van der Waals surface area (Å²) in [4.78, 5) is 30.3. The van der Waals surface area contributed by atoms with Crippen LogP contribution in [0.15, 0.2) is 29.6 Å². The molecule has 168 valence electrons. The molecule has 2 aromatic heterocycles. The standard InChI is InChI=1S/C21H28N4O6/c1-13(2)18(19(26)30-21(3,4)5)31-23-12-14-15(9-8-10-22-14)29-20-24-16(27-6)11-17(25-20)28-7/h8-13,18H,1-7H3/b23-12+. The first-order valence-electron chi connectivity index (χ1n) is 9.65. The van der Waals surface area contributed by atoms with Gasteiger partial charge in [-0.25, -0.2) is 4.79 Å². The molecule has 10 nitrogen and oxygen atoms in total. The molecule has 2 heterocycles. The summed E-state index contributed by atoms with van der Waals surface area (Å²) < 4.78 is 21.4. The number of rotatable bonds is 9. The Labute approximate surface area is 181 Å². The summed E-state index contributed by atoms with van der Waals surface area (Å²) >= 11 is 0. The number of oxime groups is 1. The van der Waals surface area contributed by atoms with Gasteiger partial charge in [-0.3, -0.25) is 4.98 Å². The van der Waals surface area contributed by atoms with E-state index in [1.165, 1.54) is 26.5 Å². The van der Waals surface area contributed by atoms with Gasteiger partial charge in [-0.2, -0.15) is 9.97 Å². The Bertz CT molecular complexity index is 889. The zero-order valence-electron chi connectivity index (χ0n) is 18.8. The molecule has 0 amide bonds. The zero-order valence-corrected chi connectivity index (χ0v) is 18.8. The molecule has 0 N–H and O–H groups in total. The van der Waals surface area contributed by atoms with E-state index in [0.717, 1.165) is 0 Å². The average molecular weight is 432 g/mol. The van der Waals surface area contributed by atoms with E-state index >= 15 is 0 Å². The van der Waals surface area contributed by atoms with Crippen molar-refractivity contribution in [3.63, 3.8) is 0 Å². The van der Waals surface area contributed by atoms with Crippen molar-refractivity contribution in [2.24, 2.45) is 11.1 Å². The molecule has 1 atom stereocenters. The maximum absolute atomic E-state index is 12.4. The number of hydrogen-bond donors (Lipinski definition) is 0. The predicted octanol–water partition coefficient (Wildman–Crippen LogP) is 3.40. The van der Waals surface area contributed by atoms with Gasteiger partial charge in [-0.05, 0) is 32.9 Å². The molecule has 0 spiro atoms. The van der Waals surface area contributed by atoms with Gasteiger partial charge in [0.05, 0.1) is 26.5 Å². The fraction of sp³-hybridized carbons (Fsp3) is 0.476. The minimum Gasteiger partial charge on any atom is -0.481 e. The van der Waals surface area contributed by atoms with Gasteiger partial charge in [-0.1, -0.05) is 19.0 Å². The van der Waals surface area contributed by atoms with Crippen molar-refractivity contribution in [1.29, 1.82) is 0 Å². The number of esters is 1. The minimum atomic E-state index is -0.866. The van der Waals surface area contributed by atoms with Crippen LogP contribution in [-0.2, 0) is 14.4 Å². The molecule has 2 aromatic rings. The lowest BCUT2D eigenvalue weighted by atomic mass is 10.1. The molecule has 0 bridgehead atoms. The summed E-state index contributed by atoms with van der Waals surface area (Å²) in [5.74, 6) is 0.240. The van der Waals surface area contributed by atoms with Crippen LogP contribution in [0.5, 0.6) is 23.5 Å². The first kappa shape index (κ1) is 23.8. The first-order valence-corrected chi connectivity index (χ1v) is 9.65. The van der Waals surface area contributed by atoms with Crippen LogP contribution >= 0.6 is 0 Å². The Morgan fingerprint density at radius 3 is 2.32 bits per heavy atom. The summed E-state index contributed by atoms with van der Waals surface area (Å²) in [5, 5.41) is 3.93. The van der Waals surface area contributed by atoms with Crippen molar-refractivity contribution in [2.45, 2.75) is 46.3 Å². The van der Waals surface area contributed by atoms with Gasteiger partial charge in [0.1, 0.15) is 11.3 Å². The SMILES string of the molecule is COc1cc(OC)nc(Oc2cccnc2/C=N/OC(C(=O)OC(C)(C)C)C(C)C)n1. The van der Waals surface area contributed by atoms with E-state index in [9.17, 15) is 4.79 Å². The number of hydrogen-bond acceptors (Lipinski definition) is 10. The third-order valence-electron chi connectivity index (χ3n) is 3.67. The van der Waals surface area contributed by atoms with Crippen LogP contribution in [0.3, 0.4) is 0 Å². The number of aromatic nitrogens is 3. The van der Waals surface area contributed by atoms with Gasteiger partial charge in [0.2, 0.25) is 17.9 Å². The maximum Gasteiger partial charge on any atom is 0.350 e. The summed E-state index contributed by atoms with van der Waals surface area (Å²) in [6.45, 7) is 9.05. The van der Waals surface area contributed by atoms with Gasteiger partial charge in [0.15, 0.2) is 5.75 Å². The number of carbonyl (C=O) groups excluding carboxylic acids is 1. The highest BCUT2D eigenvalue weighted by Gasteiger charge is 2.29. The third kappa shape index (κ3) is 7.40. The Balaban J connectivity index is 2.18. The van der Waals surface area contributed by atoms with Gasteiger partial charge in [0, 0.05) is 12.1 Å². The van der Waals surface area contributed by atoms with Crippen molar-refractivity contribution in [3.05, 3.63) is 30.1 Å². The second-order valence-corrected chi connectivity index (χ2v) is 7.76. The predicted molar refractivity (Wildman–Crippen MR) is 113 cm³/mol. The molecule has 10 heteroatoms. The fourth-order valence-corrected chi connectivity index (χ4v) is 2.27. The summed E-state index contributed by atoms with van der Waals surface area (Å²) in [7, 11) is 2.95. The van der Waals surface area contributed by atoms with E-state index in [1.807, 2.05) is 13.8 Å². The number of nitrogens with zero attached hydrogens (tertiary/aromatic N) is 4. The van der Waals surface area contributed by atoms with Crippen molar-refractivity contribution in [3.8, 4) is 23.5 Å². The Morgan fingerprint density at radius 2 is 1.77 bits per heavy atom. The maximum atomic E-state index is 12.4. The molecule has 0 aliphatic heterocycles. The van der Waals surface area contributed by atoms with Crippen LogP contribution in [0.1, 0.15) is 40.3 Å². The van der Waals surface area contributed by atoms with E-state index in [-0.39, 0.29) is 23.7 Å². The molecule has 0 saturated heterocycles. The topological polar surface area (TPSA) is 114 Å². The summed E-state index contributed by atoms with van der Waals surface area (Å²) in [5.41, 5.74) is -0.281. The molecule has 0 saturated carbocycles. The molecule has 0 aromatic carbocycles. The van der Waals surface area contributed by atoms with Crippen LogP contribution in [0.4, 0.5) is 0 Å². The van der Waals surface area contributed by atoms with Crippen LogP contribution in [0.25, 0.3) is 0 Å². The van der Waals surface area contributed by atoms with E-state index in [2.05, 4.69) is 20.1 Å². The highest BCUT2D eigenvalue weighted by atomic mass is 16.7. The lowest BCUT2D eigenvalue weighted by molar-refractivity contribution is -0.171. The smallest absolute Gasteiger partial charge is 0.350 e. The quantitative estimate of drug-likeness (QED) is 0.334. The first-order chi connectivity index (χ1) is 14.6. The molecule has 0 radical (unpaired) electrons. The van der Waals surface area contributed by atoms with Crippen molar-refractivity contribution >= 4 is 12.2 Å². The lowest BCUT2D eigenvalue weighted by Crippen LogP contribution is -2.35. The second kappa shape index (κ2) is 10.6. The molecule has 0 aliphatic carbocycles. The number of carbonyl (C=O) groups is 1. The number of methoxy groups -OCH3 is 2. The lowest BCUT2D eigenvalue weighted by Gasteiger charge is -2.24. The highest BCUT2D eigenvalue weighted by molar-refractivity contribution is 5.80. The highest BCUT2D eigenvalue weighted by Crippen LogP contribution is 2.25. The monoisotopic (exact) mass is 432 g/mol. The minimum absolute atomic E-state index is 0.00794. The van der Waals surface area contributed by atoms with E-state index < -0.39 is 17.7 Å². The molecule has 0 fully saturated rings. The summed E-state index contributed by atoms with van der Waals surface area (Å²) in [6, 6.07) is 4.88. The van der Waals surface area contributed by atoms with Gasteiger partial charge >= 0.3 is 12.0 Å². The number of ether oxygens (including phenoxy) is 4. The molecule has 1 unspecified atom stereocenters. The van der Waals surface area contributed by atoms with Crippen molar-refractivity contribution in [1.82, 2.24) is 15.0 Å².